The second-order valence-corrected chi connectivity index (χ2v) is 8.12. The van der Waals surface area contributed by atoms with Crippen molar-refractivity contribution in [2.75, 3.05) is 0 Å². The number of fused-ring (bicyclic) bond motifs is 1. The van der Waals surface area contributed by atoms with E-state index in [0.29, 0.717) is 24.6 Å². The number of hydrogen-bond acceptors (Lipinski definition) is 4. The van der Waals surface area contributed by atoms with Crippen LogP contribution in [0.15, 0.2) is 67.0 Å². The Kier molecular flexibility index (Phi) is 5.08. The Balaban J connectivity index is 1.48. The molecule has 0 bridgehead atoms. The van der Waals surface area contributed by atoms with Crippen LogP contribution < -0.4 is 4.74 Å². The van der Waals surface area contributed by atoms with Gasteiger partial charge in [0.25, 0.3) is 0 Å². The second kappa shape index (κ2) is 8.04. The molecule has 1 saturated carbocycles. The average molecular weight is 434 g/mol. The van der Waals surface area contributed by atoms with E-state index in [9.17, 15) is 9.90 Å². The van der Waals surface area contributed by atoms with Crippen LogP contribution in [-0.4, -0.2) is 25.4 Å². The van der Waals surface area contributed by atoms with Gasteiger partial charge in [-0.15, -0.1) is 0 Å². The van der Waals surface area contributed by atoms with Crippen molar-refractivity contribution in [3.05, 3.63) is 83.5 Å². The van der Waals surface area contributed by atoms with Crippen molar-refractivity contribution < 1.29 is 14.6 Å². The van der Waals surface area contributed by atoms with E-state index in [4.69, 9.17) is 21.3 Å². The minimum absolute atomic E-state index is 0.0818. The Morgan fingerprint density at radius 1 is 1.16 bits per heavy atom. The topological polar surface area (TPSA) is 76.7 Å². The van der Waals surface area contributed by atoms with E-state index in [1.54, 1.807) is 6.20 Å². The summed E-state index contributed by atoms with van der Waals surface area (Å²) in [4.78, 5) is 20.3. The number of carbonyl (C=O) groups is 1. The fourth-order valence-electron chi connectivity index (χ4n) is 4.02. The molecule has 2 heterocycles. The fourth-order valence-corrected chi connectivity index (χ4v) is 4.26. The average Bonchev–Trinajstić information content (AvgIpc) is 3.13. The third-order valence-corrected chi connectivity index (χ3v) is 6.02. The zero-order chi connectivity index (χ0) is 21.4. The number of benzene rings is 2. The number of aliphatic carboxylic acids is 1. The first-order valence-electron chi connectivity index (χ1n) is 10.1. The van der Waals surface area contributed by atoms with Gasteiger partial charge in [0.05, 0.1) is 11.6 Å². The molecule has 6 nitrogen and oxygen atoms in total. The maximum absolute atomic E-state index is 11.2. The van der Waals surface area contributed by atoms with Crippen LogP contribution in [-0.2, 0) is 11.4 Å². The first-order valence-corrected chi connectivity index (χ1v) is 10.5. The van der Waals surface area contributed by atoms with Crippen molar-refractivity contribution in [1.82, 2.24) is 14.4 Å². The molecule has 2 aromatic heterocycles. The number of carboxylic acids is 1. The van der Waals surface area contributed by atoms with Crippen LogP contribution >= 0.6 is 11.6 Å². The van der Waals surface area contributed by atoms with Gasteiger partial charge in [-0.25, -0.2) is 9.97 Å². The van der Waals surface area contributed by atoms with E-state index >= 15 is 0 Å². The summed E-state index contributed by atoms with van der Waals surface area (Å²) in [5.41, 5.74) is 3.40. The molecule has 0 unspecified atom stereocenters. The predicted molar refractivity (Wildman–Crippen MR) is 117 cm³/mol. The summed E-state index contributed by atoms with van der Waals surface area (Å²) >= 11 is 6.45. The van der Waals surface area contributed by atoms with Gasteiger partial charge in [-0.05, 0) is 30.5 Å². The van der Waals surface area contributed by atoms with Gasteiger partial charge >= 0.3 is 5.97 Å². The number of ether oxygens (including phenoxy) is 1. The SMILES string of the molecule is O=C(O)C1CC(c2nc(-c3cccc(OCc4ccccc4)c3)c3c(Cl)nccn23)C1. The number of nitrogens with zero attached hydrogens (tertiary/aromatic N) is 3. The van der Waals surface area contributed by atoms with Gasteiger partial charge < -0.3 is 9.84 Å². The van der Waals surface area contributed by atoms with Crippen molar-refractivity contribution in [3.63, 3.8) is 0 Å². The summed E-state index contributed by atoms with van der Waals surface area (Å²) in [5.74, 6) is 0.576. The summed E-state index contributed by atoms with van der Waals surface area (Å²) in [6, 6.07) is 17.7. The monoisotopic (exact) mass is 433 g/mol. The van der Waals surface area contributed by atoms with Gasteiger partial charge in [-0.1, -0.05) is 54.1 Å². The molecule has 0 saturated heterocycles. The summed E-state index contributed by atoms with van der Waals surface area (Å²) in [5, 5.41) is 9.59. The Morgan fingerprint density at radius 3 is 2.74 bits per heavy atom. The molecule has 0 amide bonds. The molecular formula is C24H20ClN3O3. The van der Waals surface area contributed by atoms with Gasteiger partial charge in [0.2, 0.25) is 0 Å². The highest BCUT2D eigenvalue weighted by Gasteiger charge is 2.38. The molecule has 1 fully saturated rings. The second-order valence-electron chi connectivity index (χ2n) is 7.76. The van der Waals surface area contributed by atoms with Crippen molar-refractivity contribution >= 4 is 23.1 Å². The van der Waals surface area contributed by atoms with Crippen LogP contribution in [0.2, 0.25) is 5.15 Å². The third-order valence-electron chi connectivity index (χ3n) is 5.75. The summed E-state index contributed by atoms with van der Waals surface area (Å²) in [7, 11) is 0. The van der Waals surface area contributed by atoms with E-state index in [0.717, 1.165) is 33.9 Å². The largest absolute Gasteiger partial charge is 0.489 e. The first kappa shape index (κ1) is 19.6. The molecule has 0 radical (unpaired) electrons. The number of hydrogen-bond donors (Lipinski definition) is 1. The highest BCUT2D eigenvalue weighted by Crippen LogP contribution is 2.43. The van der Waals surface area contributed by atoms with E-state index in [1.165, 1.54) is 0 Å². The molecule has 0 atom stereocenters. The Morgan fingerprint density at radius 2 is 1.97 bits per heavy atom. The lowest BCUT2D eigenvalue weighted by Gasteiger charge is -2.31. The molecule has 4 aromatic rings. The number of carboxylic acid groups (broad SMARTS) is 1. The normalized spacial score (nSPS) is 18.0. The molecule has 2 aromatic carbocycles. The summed E-state index contributed by atoms with van der Waals surface area (Å²) in [6.45, 7) is 0.473. The highest BCUT2D eigenvalue weighted by atomic mass is 35.5. The fraction of sp³-hybridized carbons (Fsp3) is 0.208. The molecular weight excluding hydrogens is 414 g/mol. The van der Waals surface area contributed by atoms with E-state index in [1.807, 2.05) is 65.2 Å². The Bertz CT molecular complexity index is 1250. The van der Waals surface area contributed by atoms with Gasteiger partial charge in [0.15, 0.2) is 5.15 Å². The van der Waals surface area contributed by atoms with E-state index < -0.39 is 5.97 Å². The minimum atomic E-state index is -0.750. The Hall–Kier alpha value is -3.38. The molecule has 0 spiro atoms. The molecule has 1 aliphatic carbocycles. The maximum Gasteiger partial charge on any atom is 0.306 e. The lowest BCUT2D eigenvalue weighted by molar-refractivity contribution is -0.145. The standard InChI is InChI=1S/C24H20ClN3O3/c25-22-21-20(16-7-4-8-19(13-16)31-14-15-5-2-1-3-6-15)27-23(28(21)10-9-26-22)17-11-18(12-17)24(29)30/h1-10,13,17-18H,11-12,14H2,(H,29,30). The van der Waals surface area contributed by atoms with Crippen LogP contribution in [0.25, 0.3) is 16.8 Å². The summed E-state index contributed by atoms with van der Waals surface area (Å²) < 4.78 is 7.91. The van der Waals surface area contributed by atoms with Crippen molar-refractivity contribution in [1.29, 1.82) is 0 Å². The van der Waals surface area contributed by atoms with Crippen LogP contribution in [0.3, 0.4) is 0 Å². The van der Waals surface area contributed by atoms with Crippen molar-refractivity contribution in [2.45, 2.75) is 25.4 Å². The number of rotatable bonds is 6. The Labute approximate surface area is 184 Å². The molecule has 1 N–H and O–H groups in total. The molecule has 1 aliphatic rings. The van der Waals surface area contributed by atoms with E-state index in [2.05, 4.69) is 4.98 Å². The zero-order valence-electron chi connectivity index (χ0n) is 16.6. The molecule has 5 rings (SSSR count). The quantitative estimate of drug-likeness (QED) is 0.452. The number of halogens is 1. The maximum atomic E-state index is 11.2. The first-order chi connectivity index (χ1) is 15.1. The lowest BCUT2D eigenvalue weighted by atomic mass is 9.74. The molecule has 156 valence electrons. The predicted octanol–water partition coefficient (Wildman–Crippen LogP) is 5.21. The van der Waals surface area contributed by atoms with Gasteiger partial charge in [-0.2, -0.15) is 0 Å². The highest BCUT2D eigenvalue weighted by molar-refractivity contribution is 6.33. The van der Waals surface area contributed by atoms with Crippen LogP contribution in [0.1, 0.15) is 30.1 Å². The smallest absolute Gasteiger partial charge is 0.306 e. The summed E-state index contributed by atoms with van der Waals surface area (Å²) in [6.07, 6.45) is 4.62. The van der Waals surface area contributed by atoms with E-state index in [-0.39, 0.29) is 11.8 Å². The van der Waals surface area contributed by atoms with Crippen molar-refractivity contribution in [3.8, 4) is 17.0 Å². The number of imidazole rings is 1. The van der Waals surface area contributed by atoms with Crippen LogP contribution in [0, 0.1) is 5.92 Å². The van der Waals surface area contributed by atoms with Gasteiger partial charge in [0.1, 0.15) is 23.7 Å². The zero-order valence-corrected chi connectivity index (χ0v) is 17.4. The van der Waals surface area contributed by atoms with Gasteiger partial charge in [0, 0.05) is 23.9 Å². The third kappa shape index (κ3) is 3.75. The van der Waals surface area contributed by atoms with Crippen molar-refractivity contribution in [2.24, 2.45) is 5.92 Å². The van der Waals surface area contributed by atoms with Gasteiger partial charge in [-0.3, -0.25) is 9.20 Å². The molecule has 0 aliphatic heterocycles. The number of aromatic nitrogens is 3. The van der Waals surface area contributed by atoms with Crippen LogP contribution in [0.5, 0.6) is 5.75 Å². The lowest BCUT2D eigenvalue weighted by Crippen LogP contribution is -2.29. The minimum Gasteiger partial charge on any atom is -0.489 e. The molecule has 7 heteroatoms. The van der Waals surface area contributed by atoms with Crippen LogP contribution in [0.4, 0.5) is 0 Å². The molecule has 31 heavy (non-hydrogen) atoms.